The van der Waals surface area contributed by atoms with Crippen molar-refractivity contribution in [2.24, 2.45) is 5.73 Å². The molecule has 0 aliphatic heterocycles. The minimum absolute atomic E-state index is 0. The molecule has 7 heavy (non-hydrogen) atoms. The SMILES string of the molecule is CN(C)C(N)=S.Cl. The van der Waals surface area contributed by atoms with Gasteiger partial charge in [0.15, 0.2) is 5.11 Å². The maximum atomic E-state index is 5.09. The number of nitrogens with zero attached hydrogens (tertiary/aromatic N) is 1. The van der Waals surface area contributed by atoms with Gasteiger partial charge in [0.05, 0.1) is 0 Å². The number of halogens is 1. The lowest BCUT2D eigenvalue weighted by Gasteiger charge is -2.05. The smallest absolute Gasteiger partial charge is 0.165 e. The summed E-state index contributed by atoms with van der Waals surface area (Å²) >= 11 is 4.52. The van der Waals surface area contributed by atoms with Crippen LogP contribution in [0.25, 0.3) is 0 Å². The molecule has 0 atom stereocenters. The van der Waals surface area contributed by atoms with Crippen molar-refractivity contribution in [2.75, 3.05) is 14.1 Å². The predicted molar refractivity (Wildman–Crippen MR) is 37.7 cm³/mol. The molecule has 0 heterocycles. The maximum absolute atomic E-state index is 5.09. The van der Waals surface area contributed by atoms with Gasteiger partial charge in [0.25, 0.3) is 0 Å². The van der Waals surface area contributed by atoms with Crippen molar-refractivity contribution in [3.8, 4) is 0 Å². The van der Waals surface area contributed by atoms with E-state index in [9.17, 15) is 0 Å². The van der Waals surface area contributed by atoms with E-state index in [1.807, 2.05) is 14.1 Å². The van der Waals surface area contributed by atoms with Gasteiger partial charge in [0, 0.05) is 14.1 Å². The van der Waals surface area contributed by atoms with E-state index >= 15 is 0 Å². The van der Waals surface area contributed by atoms with Crippen LogP contribution in [0.3, 0.4) is 0 Å². The van der Waals surface area contributed by atoms with Crippen LogP contribution in [-0.4, -0.2) is 24.1 Å². The van der Waals surface area contributed by atoms with Gasteiger partial charge in [-0.05, 0) is 12.2 Å². The first kappa shape index (κ1) is 10.1. The second-order valence-corrected chi connectivity index (χ2v) is 1.65. The Balaban J connectivity index is 0. The van der Waals surface area contributed by atoms with Gasteiger partial charge in [-0.3, -0.25) is 0 Å². The highest BCUT2D eigenvalue weighted by Gasteiger charge is 1.82. The molecular formula is C3H9ClN2S. The Morgan fingerprint density at radius 3 is 1.71 bits per heavy atom. The molecule has 44 valence electrons. The van der Waals surface area contributed by atoms with E-state index in [1.54, 1.807) is 4.90 Å². The van der Waals surface area contributed by atoms with Crippen molar-refractivity contribution in [1.29, 1.82) is 0 Å². The molecule has 0 saturated carbocycles. The monoisotopic (exact) mass is 140 g/mol. The van der Waals surface area contributed by atoms with Gasteiger partial charge >= 0.3 is 0 Å². The molecule has 0 aromatic carbocycles. The molecule has 0 bridgehead atoms. The number of rotatable bonds is 0. The van der Waals surface area contributed by atoms with Crippen LogP contribution in [-0.2, 0) is 0 Å². The quantitative estimate of drug-likeness (QED) is 0.488. The highest BCUT2D eigenvalue weighted by molar-refractivity contribution is 7.80. The minimum Gasteiger partial charge on any atom is -0.376 e. The van der Waals surface area contributed by atoms with Gasteiger partial charge in [0.2, 0.25) is 0 Å². The summed E-state index contributed by atoms with van der Waals surface area (Å²) in [5.41, 5.74) is 5.09. The molecule has 2 nitrogen and oxygen atoms in total. The molecule has 0 amide bonds. The molecular weight excluding hydrogens is 132 g/mol. The molecule has 0 aromatic heterocycles. The number of hydrogen-bond acceptors (Lipinski definition) is 1. The van der Waals surface area contributed by atoms with E-state index in [4.69, 9.17) is 5.73 Å². The summed E-state index contributed by atoms with van der Waals surface area (Å²) in [7, 11) is 3.62. The standard InChI is InChI=1S/C3H8N2S.ClH/c1-5(2)3(4)6;/h1-2H3,(H2,4,6);1H. The van der Waals surface area contributed by atoms with Crippen LogP contribution >= 0.6 is 24.6 Å². The normalized spacial score (nSPS) is 6.57. The first-order chi connectivity index (χ1) is 2.64. The van der Waals surface area contributed by atoms with Crippen LogP contribution in [0.1, 0.15) is 0 Å². The van der Waals surface area contributed by atoms with Crippen molar-refractivity contribution in [3.63, 3.8) is 0 Å². The number of hydrogen-bond donors (Lipinski definition) is 1. The van der Waals surface area contributed by atoms with Crippen LogP contribution in [0.2, 0.25) is 0 Å². The molecule has 0 aromatic rings. The zero-order valence-corrected chi connectivity index (χ0v) is 5.97. The molecule has 0 saturated heterocycles. The van der Waals surface area contributed by atoms with Gasteiger partial charge in [-0.15, -0.1) is 12.4 Å². The van der Waals surface area contributed by atoms with Crippen molar-refractivity contribution in [2.45, 2.75) is 0 Å². The maximum Gasteiger partial charge on any atom is 0.165 e. The Kier molecular flexibility index (Phi) is 5.96. The number of thiocarbonyl (C=S) groups is 1. The summed E-state index contributed by atoms with van der Waals surface area (Å²) in [5, 5.41) is 0.426. The average molecular weight is 141 g/mol. The second kappa shape index (κ2) is 4.15. The van der Waals surface area contributed by atoms with Crippen molar-refractivity contribution < 1.29 is 0 Å². The Labute approximate surface area is 55.1 Å². The lowest BCUT2D eigenvalue weighted by molar-refractivity contribution is 0.628. The van der Waals surface area contributed by atoms with E-state index in [0.717, 1.165) is 0 Å². The minimum atomic E-state index is 0. The molecule has 0 unspecified atom stereocenters. The molecule has 0 rings (SSSR count). The second-order valence-electron chi connectivity index (χ2n) is 1.23. The zero-order chi connectivity index (χ0) is 5.15. The molecule has 0 radical (unpaired) electrons. The molecule has 2 N–H and O–H groups in total. The van der Waals surface area contributed by atoms with Crippen LogP contribution in [0.4, 0.5) is 0 Å². The summed E-state index contributed by atoms with van der Waals surface area (Å²) in [6.45, 7) is 0. The van der Waals surface area contributed by atoms with Crippen molar-refractivity contribution >= 4 is 29.7 Å². The fraction of sp³-hybridized carbons (Fsp3) is 0.667. The van der Waals surface area contributed by atoms with Crippen molar-refractivity contribution in [1.82, 2.24) is 4.90 Å². The third-order valence-electron chi connectivity index (χ3n) is 0.441. The Hall–Kier alpha value is -0.0200. The fourth-order valence-corrected chi connectivity index (χ4v) is 0. The van der Waals surface area contributed by atoms with E-state index < -0.39 is 0 Å². The summed E-state index contributed by atoms with van der Waals surface area (Å²) in [4.78, 5) is 1.68. The van der Waals surface area contributed by atoms with Crippen molar-refractivity contribution in [3.05, 3.63) is 0 Å². The highest BCUT2D eigenvalue weighted by Crippen LogP contribution is 1.67. The Bertz CT molecular complexity index is 64.0. The predicted octanol–water partition coefficient (Wildman–Crippen LogP) is 0.213. The molecule has 4 heteroatoms. The largest absolute Gasteiger partial charge is 0.376 e. The first-order valence-corrected chi connectivity index (χ1v) is 2.02. The molecule has 0 aliphatic carbocycles. The summed E-state index contributed by atoms with van der Waals surface area (Å²) < 4.78 is 0. The lowest BCUT2D eigenvalue weighted by Crippen LogP contribution is -2.27. The van der Waals surface area contributed by atoms with E-state index in [2.05, 4.69) is 12.2 Å². The van der Waals surface area contributed by atoms with E-state index in [1.165, 1.54) is 0 Å². The molecule has 0 aliphatic rings. The van der Waals surface area contributed by atoms with Gasteiger partial charge < -0.3 is 10.6 Å². The highest BCUT2D eigenvalue weighted by atomic mass is 35.5. The van der Waals surface area contributed by atoms with E-state index in [0.29, 0.717) is 5.11 Å². The lowest BCUT2D eigenvalue weighted by atomic mass is 10.9. The number of nitrogens with two attached hydrogens (primary N) is 1. The Morgan fingerprint density at radius 2 is 1.71 bits per heavy atom. The first-order valence-electron chi connectivity index (χ1n) is 1.61. The van der Waals surface area contributed by atoms with Gasteiger partial charge in [-0.25, -0.2) is 0 Å². The Morgan fingerprint density at radius 1 is 1.57 bits per heavy atom. The van der Waals surface area contributed by atoms with Gasteiger partial charge in [-0.1, -0.05) is 0 Å². The summed E-state index contributed by atoms with van der Waals surface area (Å²) in [6.07, 6.45) is 0. The van der Waals surface area contributed by atoms with Gasteiger partial charge in [0.1, 0.15) is 0 Å². The van der Waals surface area contributed by atoms with Gasteiger partial charge in [-0.2, -0.15) is 0 Å². The average Bonchev–Trinajstić information content (AvgIpc) is 1.36. The van der Waals surface area contributed by atoms with Crippen LogP contribution in [0, 0.1) is 0 Å². The van der Waals surface area contributed by atoms with Crippen LogP contribution in [0.15, 0.2) is 0 Å². The van der Waals surface area contributed by atoms with Crippen LogP contribution in [0.5, 0.6) is 0 Å². The molecule has 0 spiro atoms. The molecule has 0 fully saturated rings. The topological polar surface area (TPSA) is 29.3 Å². The van der Waals surface area contributed by atoms with Crippen LogP contribution < -0.4 is 5.73 Å². The fourth-order valence-electron chi connectivity index (χ4n) is 0. The third kappa shape index (κ3) is 5.98. The summed E-state index contributed by atoms with van der Waals surface area (Å²) in [5.74, 6) is 0. The van der Waals surface area contributed by atoms with E-state index in [-0.39, 0.29) is 12.4 Å². The zero-order valence-electron chi connectivity index (χ0n) is 4.34. The third-order valence-corrected chi connectivity index (χ3v) is 0.806. The summed E-state index contributed by atoms with van der Waals surface area (Å²) in [6, 6.07) is 0.